The molecule has 0 aromatic heterocycles. The first-order chi connectivity index (χ1) is 9.50. The van der Waals surface area contributed by atoms with Crippen LogP contribution < -0.4 is 5.73 Å². The lowest BCUT2D eigenvalue weighted by Crippen LogP contribution is -2.48. The van der Waals surface area contributed by atoms with Gasteiger partial charge in [-0.1, -0.05) is 44.2 Å². The summed E-state index contributed by atoms with van der Waals surface area (Å²) in [6.07, 6.45) is 0.424. The van der Waals surface area contributed by atoms with E-state index in [4.69, 9.17) is 5.73 Å². The third-order valence-electron chi connectivity index (χ3n) is 4.34. The van der Waals surface area contributed by atoms with Gasteiger partial charge in [0.25, 0.3) is 0 Å². The summed E-state index contributed by atoms with van der Waals surface area (Å²) in [5.74, 6) is 0.0162. The van der Waals surface area contributed by atoms with Gasteiger partial charge in [-0.05, 0) is 17.9 Å². The Kier molecular flexibility index (Phi) is 4.78. The molecule has 110 valence electrons. The molecule has 1 saturated heterocycles. The quantitative estimate of drug-likeness (QED) is 0.880. The van der Waals surface area contributed by atoms with Crippen molar-refractivity contribution in [3.05, 3.63) is 35.9 Å². The molecule has 20 heavy (non-hydrogen) atoms. The Hall–Kier alpha value is -1.39. The Labute approximate surface area is 120 Å². The maximum absolute atomic E-state index is 12.5. The van der Waals surface area contributed by atoms with Gasteiger partial charge in [-0.15, -0.1) is 0 Å². The van der Waals surface area contributed by atoms with E-state index in [9.17, 15) is 9.90 Å². The second-order valence-corrected chi connectivity index (χ2v) is 5.84. The fourth-order valence-electron chi connectivity index (χ4n) is 2.65. The molecule has 1 aromatic carbocycles. The summed E-state index contributed by atoms with van der Waals surface area (Å²) < 4.78 is 0. The fraction of sp³-hybridized carbons (Fsp3) is 0.562. The number of hydrogen-bond acceptors (Lipinski definition) is 3. The van der Waals surface area contributed by atoms with Gasteiger partial charge >= 0.3 is 0 Å². The van der Waals surface area contributed by atoms with Crippen molar-refractivity contribution in [3.8, 4) is 0 Å². The first-order valence-electron chi connectivity index (χ1n) is 7.28. The summed E-state index contributed by atoms with van der Waals surface area (Å²) in [5.41, 5.74) is 7.17. The zero-order chi connectivity index (χ0) is 14.7. The van der Waals surface area contributed by atoms with E-state index in [0.717, 1.165) is 12.0 Å². The number of aliphatic hydroxyl groups excluding tert-OH is 1. The van der Waals surface area contributed by atoms with Crippen molar-refractivity contribution in [2.24, 2.45) is 17.6 Å². The van der Waals surface area contributed by atoms with Crippen molar-refractivity contribution in [2.45, 2.75) is 32.4 Å². The maximum Gasteiger partial charge on any atom is 0.227 e. The summed E-state index contributed by atoms with van der Waals surface area (Å²) in [4.78, 5) is 14.2. The molecule has 4 nitrogen and oxygen atoms in total. The Morgan fingerprint density at radius 2 is 2.05 bits per heavy atom. The SMILES string of the molecule is CC1CCN(C(=O)C(C)C(N)c2ccccc2)CC1O. The predicted octanol–water partition coefficient (Wildman–Crippen LogP) is 1.55. The molecule has 0 radical (unpaired) electrons. The highest BCUT2D eigenvalue weighted by Crippen LogP contribution is 2.24. The van der Waals surface area contributed by atoms with Crippen LogP contribution in [0.3, 0.4) is 0 Å². The van der Waals surface area contributed by atoms with Crippen LogP contribution in [0.2, 0.25) is 0 Å². The van der Waals surface area contributed by atoms with E-state index in [2.05, 4.69) is 0 Å². The Morgan fingerprint density at radius 3 is 2.65 bits per heavy atom. The molecule has 0 bridgehead atoms. The number of nitrogens with zero attached hydrogens (tertiary/aromatic N) is 1. The van der Waals surface area contributed by atoms with Crippen molar-refractivity contribution in [1.29, 1.82) is 0 Å². The van der Waals surface area contributed by atoms with E-state index in [1.165, 1.54) is 0 Å². The van der Waals surface area contributed by atoms with Crippen LogP contribution in [-0.2, 0) is 4.79 Å². The van der Waals surface area contributed by atoms with Gasteiger partial charge in [0.05, 0.1) is 12.0 Å². The lowest BCUT2D eigenvalue weighted by Gasteiger charge is -2.36. The second kappa shape index (κ2) is 6.37. The Morgan fingerprint density at radius 1 is 1.40 bits per heavy atom. The summed E-state index contributed by atoms with van der Waals surface area (Å²) in [7, 11) is 0. The minimum Gasteiger partial charge on any atom is -0.391 e. The number of rotatable bonds is 3. The van der Waals surface area contributed by atoms with Crippen molar-refractivity contribution >= 4 is 5.91 Å². The van der Waals surface area contributed by atoms with Gasteiger partial charge in [0.1, 0.15) is 0 Å². The van der Waals surface area contributed by atoms with Crippen LogP contribution in [0, 0.1) is 11.8 Å². The van der Waals surface area contributed by atoms with Gasteiger partial charge in [-0.3, -0.25) is 4.79 Å². The molecule has 1 aliphatic heterocycles. The van der Waals surface area contributed by atoms with Crippen LogP contribution in [0.25, 0.3) is 0 Å². The molecule has 1 heterocycles. The first-order valence-corrected chi connectivity index (χ1v) is 7.28. The minimum atomic E-state index is -0.423. The number of benzene rings is 1. The van der Waals surface area contributed by atoms with E-state index in [-0.39, 0.29) is 23.8 Å². The number of hydrogen-bond donors (Lipinski definition) is 2. The highest BCUT2D eigenvalue weighted by Gasteiger charge is 2.32. The van der Waals surface area contributed by atoms with Crippen LogP contribution in [-0.4, -0.2) is 35.1 Å². The average molecular weight is 276 g/mol. The van der Waals surface area contributed by atoms with Crippen LogP contribution in [0.15, 0.2) is 30.3 Å². The summed E-state index contributed by atoms with van der Waals surface area (Å²) in [6.45, 7) is 5.02. The molecule has 1 aliphatic rings. The van der Waals surface area contributed by atoms with Crippen LogP contribution >= 0.6 is 0 Å². The highest BCUT2D eigenvalue weighted by molar-refractivity contribution is 5.79. The molecule has 0 spiro atoms. The molecule has 1 amide bonds. The second-order valence-electron chi connectivity index (χ2n) is 5.84. The number of carbonyl (C=O) groups excluding carboxylic acids is 1. The van der Waals surface area contributed by atoms with Gasteiger partial charge < -0.3 is 15.7 Å². The molecule has 1 fully saturated rings. The van der Waals surface area contributed by atoms with Crippen LogP contribution in [0.4, 0.5) is 0 Å². The van der Waals surface area contributed by atoms with E-state index in [1.54, 1.807) is 4.90 Å². The van der Waals surface area contributed by atoms with Gasteiger partial charge in [-0.25, -0.2) is 0 Å². The number of amides is 1. The normalized spacial score (nSPS) is 26.1. The van der Waals surface area contributed by atoms with E-state index in [1.807, 2.05) is 44.2 Å². The van der Waals surface area contributed by atoms with Gasteiger partial charge in [0, 0.05) is 19.1 Å². The molecule has 4 unspecified atom stereocenters. The number of likely N-dealkylation sites (tertiary alicyclic amines) is 1. The van der Waals surface area contributed by atoms with E-state index in [0.29, 0.717) is 13.1 Å². The number of carbonyl (C=O) groups is 1. The first kappa shape index (κ1) is 15.0. The van der Waals surface area contributed by atoms with Gasteiger partial charge in [0.15, 0.2) is 0 Å². The predicted molar refractivity (Wildman–Crippen MR) is 78.9 cm³/mol. The zero-order valence-corrected chi connectivity index (χ0v) is 12.2. The third-order valence-corrected chi connectivity index (χ3v) is 4.34. The highest BCUT2D eigenvalue weighted by atomic mass is 16.3. The molecule has 1 aromatic rings. The van der Waals surface area contributed by atoms with Gasteiger partial charge in [0.2, 0.25) is 5.91 Å². The van der Waals surface area contributed by atoms with Crippen molar-refractivity contribution in [3.63, 3.8) is 0 Å². The summed E-state index contributed by atoms with van der Waals surface area (Å²) in [5, 5.41) is 9.91. The minimum absolute atomic E-state index is 0.0345. The molecule has 4 heteroatoms. The Balaban J connectivity index is 2.02. The maximum atomic E-state index is 12.5. The monoisotopic (exact) mass is 276 g/mol. The standard InChI is InChI=1S/C16H24N2O2/c1-11-8-9-18(10-14(11)19)16(20)12(2)15(17)13-6-4-3-5-7-13/h3-7,11-12,14-15,19H,8-10,17H2,1-2H3. The largest absolute Gasteiger partial charge is 0.391 e. The lowest BCUT2D eigenvalue weighted by molar-refractivity contribution is -0.140. The van der Waals surface area contributed by atoms with E-state index < -0.39 is 6.10 Å². The van der Waals surface area contributed by atoms with Crippen molar-refractivity contribution in [1.82, 2.24) is 4.90 Å². The number of β-amino-alcohol motifs (C(OH)–C–C–N with tert-alkyl or cyclic N) is 1. The van der Waals surface area contributed by atoms with Crippen LogP contribution in [0.5, 0.6) is 0 Å². The summed E-state index contributed by atoms with van der Waals surface area (Å²) in [6, 6.07) is 9.38. The number of aliphatic hydroxyl groups is 1. The van der Waals surface area contributed by atoms with E-state index >= 15 is 0 Å². The Bertz CT molecular complexity index is 449. The van der Waals surface area contributed by atoms with Crippen LogP contribution in [0.1, 0.15) is 31.9 Å². The smallest absolute Gasteiger partial charge is 0.227 e. The average Bonchev–Trinajstić information content (AvgIpc) is 2.48. The zero-order valence-electron chi connectivity index (χ0n) is 12.2. The third kappa shape index (κ3) is 3.19. The molecule has 4 atom stereocenters. The number of nitrogens with two attached hydrogens (primary N) is 1. The summed E-state index contributed by atoms with van der Waals surface area (Å²) >= 11 is 0. The fourth-order valence-corrected chi connectivity index (χ4v) is 2.65. The molecule has 0 aliphatic carbocycles. The molecule has 2 rings (SSSR count). The molecule has 0 saturated carbocycles. The van der Waals surface area contributed by atoms with Gasteiger partial charge in [-0.2, -0.15) is 0 Å². The van der Waals surface area contributed by atoms with Crippen molar-refractivity contribution in [2.75, 3.05) is 13.1 Å². The number of piperidine rings is 1. The molecular formula is C16H24N2O2. The topological polar surface area (TPSA) is 66.6 Å². The molecular weight excluding hydrogens is 252 g/mol. The molecule has 3 N–H and O–H groups in total. The lowest BCUT2D eigenvalue weighted by atomic mass is 9.91. The van der Waals surface area contributed by atoms with Crippen molar-refractivity contribution < 1.29 is 9.90 Å².